The fourth-order valence-electron chi connectivity index (χ4n) is 4.35. The molecule has 41 heavy (non-hydrogen) atoms. The van der Waals surface area contributed by atoms with Crippen LogP contribution in [0.15, 0.2) is 35.1 Å². The number of nitrogens with zero attached hydrogens (tertiary/aromatic N) is 4. The van der Waals surface area contributed by atoms with Crippen LogP contribution in [0, 0.1) is 5.82 Å². The fraction of sp³-hybridized carbons (Fsp3) is 0.520. The predicted molar refractivity (Wildman–Crippen MR) is 149 cm³/mol. The van der Waals surface area contributed by atoms with E-state index in [4.69, 9.17) is 53.5 Å². The Morgan fingerprint density at radius 2 is 1.98 bits per heavy atom. The van der Waals surface area contributed by atoms with Crippen molar-refractivity contribution in [2.75, 3.05) is 47.5 Å². The average Bonchev–Trinajstić information content (AvgIpc) is 3.61. The monoisotopic (exact) mass is 635 g/mol. The van der Waals surface area contributed by atoms with Gasteiger partial charge in [-0.05, 0) is 45.4 Å². The molecule has 0 unspecified atom stereocenters. The first-order valence-corrected chi connectivity index (χ1v) is 13.8. The minimum absolute atomic E-state index is 0.00923. The second-order valence-corrected chi connectivity index (χ2v) is 13.0. The molecule has 3 amide bonds. The molecule has 2 fully saturated rings. The van der Waals surface area contributed by atoms with Crippen molar-refractivity contribution in [3.63, 3.8) is 0 Å². The number of nitrogens with one attached hydrogen (secondary N) is 1. The van der Waals surface area contributed by atoms with Gasteiger partial charge in [0.1, 0.15) is 30.4 Å². The zero-order chi connectivity index (χ0) is 29.9. The highest BCUT2D eigenvalue weighted by atomic mass is 35.6. The van der Waals surface area contributed by atoms with Crippen LogP contribution < -0.4 is 20.0 Å². The summed E-state index contributed by atoms with van der Waals surface area (Å²) >= 11 is 17.0. The van der Waals surface area contributed by atoms with Crippen molar-refractivity contribution >= 4 is 70.3 Å². The van der Waals surface area contributed by atoms with Crippen LogP contribution in [0.5, 0.6) is 0 Å². The largest absolute Gasteiger partial charge is 0.445 e. The van der Waals surface area contributed by atoms with E-state index in [2.05, 4.69) is 10.5 Å². The number of amides is 3. The highest BCUT2D eigenvalue weighted by Crippen LogP contribution is 2.31. The lowest BCUT2D eigenvalue weighted by Crippen LogP contribution is -2.40. The number of hydrogen-bond donors (Lipinski definition) is 1. The molecule has 0 spiro atoms. The molecular formula is C25H29Cl3FN5O7. The lowest BCUT2D eigenvalue weighted by molar-refractivity contribution is 0.0509. The van der Waals surface area contributed by atoms with Crippen LogP contribution in [0.25, 0.3) is 0 Å². The van der Waals surface area contributed by atoms with Crippen LogP contribution in [0.1, 0.15) is 27.2 Å². The number of alkyl halides is 3. The molecule has 2 aliphatic heterocycles. The minimum Gasteiger partial charge on any atom is -0.445 e. The zero-order valence-corrected chi connectivity index (χ0v) is 24.7. The van der Waals surface area contributed by atoms with Gasteiger partial charge in [0, 0.05) is 19.2 Å². The summed E-state index contributed by atoms with van der Waals surface area (Å²) in [6.45, 7) is 5.58. The molecule has 12 nitrogen and oxygen atoms in total. The van der Waals surface area contributed by atoms with Crippen molar-refractivity contribution in [2.45, 2.75) is 48.7 Å². The highest BCUT2D eigenvalue weighted by molar-refractivity contribution is 6.67. The Labute approximate surface area is 250 Å². The third kappa shape index (κ3) is 8.43. The first-order chi connectivity index (χ1) is 19.2. The van der Waals surface area contributed by atoms with Crippen molar-refractivity contribution in [3.05, 3.63) is 36.3 Å². The molecule has 0 radical (unpaired) electrons. The summed E-state index contributed by atoms with van der Waals surface area (Å²) in [5.74, 6) is -0.453. The molecule has 1 aromatic carbocycles. The van der Waals surface area contributed by atoms with Crippen molar-refractivity contribution < 1.29 is 37.5 Å². The van der Waals surface area contributed by atoms with Crippen LogP contribution >= 0.6 is 34.8 Å². The third-order valence-electron chi connectivity index (χ3n) is 6.03. The van der Waals surface area contributed by atoms with E-state index in [1.54, 1.807) is 32.9 Å². The quantitative estimate of drug-likeness (QED) is 0.320. The lowest BCUT2D eigenvalue weighted by Gasteiger charge is -2.23. The number of ether oxygens (including phenoxy) is 3. The van der Waals surface area contributed by atoms with Gasteiger partial charge in [-0.25, -0.2) is 18.8 Å². The van der Waals surface area contributed by atoms with Gasteiger partial charge in [-0.3, -0.25) is 9.80 Å². The second-order valence-electron chi connectivity index (χ2n) is 10.5. The molecule has 224 valence electrons. The van der Waals surface area contributed by atoms with Crippen molar-refractivity contribution in [2.24, 2.45) is 0 Å². The Balaban J connectivity index is 1.38. The molecular weight excluding hydrogens is 608 g/mol. The minimum atomic E-state index is -1.83. The van der Waals surface area contributed by atoms with Gasteiger partial charge in [0.2, 0.25) is 3.79 Å². The molecule has 0 bridgehead atoms. The van der Waals surface area contributed by atoms with Gasteiger partial charge in [0.15, 0.2) is 5.82 Å². The summed E-state index contributed by atoms with van der Waals surface area (Å²) in [6.07, 6.45) is -1.10. The van der Waals surface area contributed by atoms with Gasteiger partial charge in [-0.2, -0.15) is 0 Å². The van der Waals surface area contributed by atoms with Crippen molar-refractivity contribution in [1.29, 1.82) is 0 Å². The fourth-order valence-corrected chi connectivity index (χ4v) is 4.51. The molecule has 0 aliphatic carbocycles. The van der Waals surface area contributed by atoms with Gasteiger partial charge >= 0.3 is 18.3 Å². The van der Waals surface area contributed by atoms with E-state index in [0.29, 0.717) is 25.2 Å². The number of halogens is 4. The maximum atomic E-state index is 15.2. The molecule has 4 rings (SSSR count). The summed E-state index contributed by atoms with van der Waals surface area (Å²) in [4.78, 5) is 41.6. The number of aromatic nitrogens is 1. The van der Waals surface area contributed by atoms with E-state index in [1.165, 1.54) is 23.3 Å². The van der Waals surface area contributed by atoms with Gasteiger partial charge in [0.25, 0.3) is 0 Å². The first-order valence-electron chi connectivity index (χ1n) is 12.6. The summed E-state index contributed by atoms with van der Waals surface area (Å²) in [5.41, 5.74) is -0.0165. The Kier molecular flexibility index (Phi) is 9.29. The molecule has 1 N–H and O–H groups in total. The molecule has 3 heterocycles. The van der Waals surface area contributed by atoms with Crippen molar-refractivity contribution in [3.8, 4) is 0 Å². The molecule has 0 saturated carbocycles. The van der Waals surface area contributed by atoms with Crippen molar-refractivity contribution in [1.82, 2.24) is 10.5 Å². The Hall–Kier alpha value is -3.16. The highest BCUT2D eigenvalue weighted by Gasteiger charge is 2.37. The number of hydrogen-bond acceptors (Lipinski definition) is 9. The van der Waals surface area contributed by atoms with Gasteiger partial charge in [-0.1, -0.05) is 40.0 Å². The lowest BCUT2D eigenvalue weighted by atomic mass is 10.2. The third-order valence-corrected chi connectivity index (χ3v) is 6.36. The SMILES string of the molecule is CC(C)(C)OC(=O)N[C@@H]1CCN(c2ccc(N3C[C@H](CN(C(=O)OCC(Cl)(Cl)Cl)c4ccon4)OC3=O)cc2F)C1. The van der Waals surface area contributed by atoms with Crippen LogP contribution in [-0.2, 0) is 14.2 Å². The number of anilines is 3. The number of alkyl carbamates (subject to hydrolysis) is 1. The standard InChI is InChI=1S/C25H29Cl3FN5O7/c1-24(2,3)41-21(35)30-15-6-8-32(11-15)19-5-4-16(10-18(19)29)33-12-17(40-23(33)37)13-34(20-7-9-39-31-20)22(36)38-14-25(26,27)28/h4-5,7,9-10,15,17H,6,8,11-14H2,1-3H3,(H,30,35)/t15-,17-/m1/s1. The van der Waals surface area contributed by atoms with E-state index in [-0.39, 0.29) is 30.6 Å². The van der Waals surface area contributed by atoms with E-state index in [9.17, 15) is 14.4 Å². The Bertz CT molecular complexity index is 1260. The summed E-state index contributed by atoms with van der Waals surface area (Å²) in [7, 11) is 0. The van der Waals surface area contributed by atoms with Crippen LogP contribution in [0.4, 0.5) is 36.0 Å². The maximum Gasteiger partial charge on any atom is 0.415 e. The summed E-state index contributed by atoms with van der Waals surface area (Å²) < 4.78 is 34.0. The number of carbonyl (C=O) groups is 3. The summed E-state index contributed by atoms with van der Waals surface area (Å²) in [6, 6.07) is 5.61. The molecule has 1 aromatic heterocycles. The molecule has 2 aromatic rings. The summed E-state index contributed by atoms with van der Waals surface area (Å²) in [5, 5.41) is 6.54. The smallest absolute Gasteiger partial charge is 0.415 e. The number of rotatable bonds is 7. The van der Waals surface area contributed by atoms with E-state index in [0.717, 1.165) is 4.90 Å². The Morgan fingerprint density at radius 3 is 2.61 bits per heavy atom. The number of carbonyl (C=O) groups excluding carboxylic acids is 3. The van der Waals surface area contributed by atoms with E-state index in [1.807, 2.05) is 4.90 Å². The topological polar surface area (TPSA) is 127 Å². The van der Waals surface area contributed by atoms with Crippen LogP contribution in [-0.4, -0.2) is 77.8 Å². The van der Waals surface area contributed by atoms with E-state index < -0.39 is 46.2 Å². The first kappa shape index (κ1) is 30.8. The Morgan fingerprint density at radius 1 is 1.22 bits per heavy atom. The maximum absolute atomic E-state index is 15.2. The van der Waals surface area contributed by atoms with Gasteiger partial charge < -0.3 is 29.0 Å². The van der Waals surface area contributed by atoms with Crippen LogP contribution in [0.3, 0.4) is 0 Å². The number of benzene rings is 1. The predicted octanol–water partition coefficient (Wildman–Crippen LogP) is 5.26. The average molecular weight is 637 g/mol. The van der Waals surface area contributed by atoms with Gasteiger partial charge in [0.05, 0.1) is 30.5 Å². The molecule has 2 aliphatic rings. The van der Waals surface area contributed by atoms with Gasteiger partial charge in [-0.15, -0.1) is 0 Å². The molecule has 16 heteroatoms. The van der Waals surface area contributed by atoms with Crippen LogP contribution in [0.2, 0.25) is 0 Å². The molecule has 2 atom stereocenters. The van der Waals surface area contributed by atoms with E-state index >= 15 is 4.39 Å². The second kappa shape index (κ2) is 12.4. The zero-order valence-electron chi connectivity index (χ0n) is 22.4. The normalized spacial score (nSPS) is 19.2. The number of cyclic esters (lactones) is 1. The molecule has 2 saturated heterocycles.